The number of rotatable bonds is 5. The Balaban J connectivity index is 1.98. The van der Waals surface area contributed by atoms with Crippen LogP contribution in [0.5, 0.6) is 0 Å². The zero-order valence-corrected chi connectivity index (χ0v) is 13.8. The van der Waals surface area contributed by atoms with Crippen molar-refractivity contribution in [1.29, 1.82) is 0 Å². The third kappa shape index (κ3) is 3.80. The molecule has 1 aliphatic rings. The van der Waals surface area contributed by atoms with Gasteiger partial charge in [0.05, 0.1) is 0 Å². The van der Waals surface area contributed by atoms with Crippen molar-refractivity contribution in [3.8, 4) is 0 Å². The van der Waals surface area contributed by atoms with Crippen molar-refractivity contribution in [3.63, 3.8) is 0 Å². The quantitative estimate of drug-likeness (QED) is 0.891. The summed E-state index contributed by atoms with van der Waals surface area (Å²) in [5.74, 6) is 0.729. The number of hydrogen-bond acceptors (Lipinski definition) is 2. The van der Waals surface area contributed by atoms with Crippen molar-refractivity contribution >= 4 is 15.9 Å². The van der Waals surface area contributed by atoms with Gasteiger partial charge in [-0.15, -0.1) is 0 Å². The van der Waals surface area contributed by atoms with Crippen molar-refractivity contribution in [1.82, 2.24) is 10.2 Å². The lowest BCUT2D eigenvalue weighted by atomic mass is 9.76. The van der Waals surface area contributed by atoms with Crippen LogP contribution in [0, 0.1) is 11.3 Å². The minimum absolute atomic E-state index is 0.445. The predicted octanol–water partition coefficient (Wildman–Crippen LogP) is 3.52. The Kier molecular flexibility index (Phi) is 5.04. The van der Waals surface area contributed by atoms with E-state index in [9.17, 15) is 0 Å². The Labute approximate surface area is 125 Å². The molecule has 0 saturated carbocycles. The first-order valence-electron chi connectivity index (χ1n) is 7.15. The highest BCUT2D eigenvalue weighted by atomic mass is 79.9. The molecule has 2 rings (SSSR count). The van der Waals surface area contributed by atoms with Crippen LogP contribution in [0.2, 0.25) is 0 Å². The van der Waals surface area contributed by atoms with E-state index in [2.05, 4.69) is 71.3 Å². The molecular formula is C16H25BrN2. The Hall–Kier alpha value is -0.380. The topological polar surface area (TPSA) is 15.3 Å². The molecule has 0 aliphatic carbocycles. The van der Waals surface area contributed by atoms with Crippen molar-refractivity contribution in [2.75, 3.05) is 26.7 Å². The molecule has 3 heteroatoms. The number of halogens is 1. The minimum Gasteiger partial charge on any atom is -0.316 e. The van der Waals surface area contributed by atoms with E-state index in [4.69, 9.17) is 0 Å². The number of nitrogens with zero attached hydrogens (tertiary/aromatic N) is 1. The van der Waals surface area contributed by atoms with Crippen LogP contribution in [0.3, 0.4) is 0 Å². The summed E-state index contributed by atoms with van der Waals surface area (Å²) in [5.41, 5.74) is 1.82. The first-order valence-corrected chi connectivity index (χ1v) is 7.95. The van der Waals surface area contributed by atoms with Crippen LogP contribution >= 0.6 is 15.9 Å². The lowest BCUT2D eigenvalue weighted by Gasteiger charge is -2.36. The zero-order chi connectivity index (χ0) is 13.9. The third-order valence-corrected chi connectivity index (χ3v) is 4.92. The second-order valence-corrected chi connectivity index (χ2v) is 7.16. The van der Waals surface area contributed by atoms with E-state index < -0.39 is 0 Å². The van der Waals surface area contributed by atoms with Crippen molar-refractivity contribution in [3.05, 3.63) is 34.3 Å². The largest absolute Gasteiger partial charge is 0.316 e. The number of nitrogens with one attached hydrogen (secondary N) is 1. The Bertz CT molecular complexity index is 411. The Morgan fingerprint density at radius 3 is 2.79 bits per heavy atom. The number of hydrogen-bond donors (Lipinski definition) is 1. The maximum absolute atomic E-state index is 3.55. The molecular weight excluding hydrogens is 300 g/mol. The van der Waals surface area contributed by atoms with Crippen LogP contribution in [-0.4, -0.2) is 31.6 Å². The van der Waals surface area contributed by atoms with E-state index in [1.165, 1.54) is 29.5 Å². The van der Waals surface area contributed by atoms with Gasteiger partial charge < -0.3 is 10.2 Å². The maximum atomic E-state index is 3.55. The molecule has 1 saturated heterocycles. The van der Waals surface area contributed by atoms with Gasteiger partial charge in [-0.05, 0) is 49.0 Å². The third-order valence-electron chi connectivity index (χ3n) is 4.43. The van der Waals surface area contributed by atoms with Gasteiger partial charge in [0.15, 0.2) is 0 Å². The van der Waals surface area contributed by atoms with Gasteiger partial charge in [-0.2, -0.15) is 0 Å². The molecule has 1 atom stereocenters. The minimum atomic E-state index is 0.445. The lowest BCUT2D eigenvalue weighted by Crippen LogP contribution is -2.41. The fourth-order valence-corrected chi connectivity index (χ4v) is 3.56. The van der Waals surface area contributed by atoms with Crippen molar-refractivity contribution in [2.24, 2.45) is 11.3 Å². The van der Waals surface area contributed by atoms with Crippen LogP contribution < -0.4 is 5.32 Å². The molecule has 0 aromatic heterocycles. The van der Waals surface area contributed by atoms with Crippen LogP contribution in [0.1, 0.15) is 25.8 Å². The SMILES string of the molecule is CC(C)C1(CN(C)Cc2cccc(Br)c2)CCNC1. The van der Waals surface area contributed by atoms with Gasteiger partial charge in [0.25, 0.3) is 0 Å². The molecule has 1 aromatic carbocycles. The molecule has 0 amide bonds. The summed E-state index contributed by atoms with van der Waals surface area (Å²) in [4.78, 5) is 2.47. The van der Waals surface area contributed by atoms with E-state index in [1.807, 2.05) is 0 Å². The molecule has 1 heterocycles. The summed E-state index contributed by atoms with van der Waals surface area (Å²) in [5, 5.41) is 3.54. The summed E-state index contributed by atoms with van der Waals surface area (Å²) in [7, 11) is 2.24. The fraction of sp³-hybridized carbons (Fsp3) is 0.625. The molecule has 19 heavy (non-hydrogen) atoms. The second kappa shape index (κ2) is 6.38. The summed E-state index contributed by atoms with van der Waals surface area (Å²) in [6, 6.07) is 8.62. The first kappa shape index (κ1) is 15.0. The van der Waals surface area contributed by atoms with Crippen molar-refractivity contribution < 1.29 is 0 Å². The smallest absolute Gasteiger partial charge is 0.0231 e. The van der Waals surface area contributed by atoms with Crippen LogP contribution in [-0.2, 0) is 6.54 Å². The van der Waals surface area contributed by atoms with Gasteiger partial charge in [-0.1, -0.05) is 41.9 Å². The second-order valence-electron chi connectivity index (χ2n) is 6.25. The van der Waals surface area contributed by atoms with Gasteiger partial charge in [0.1, 0.15) is 0 Å². The summed E-state index contributed by atoms with van der Waals surface area (Å²) < 4.78 is 1.17. The number of benzene rings is 1. The summed E-state index contributed by atoms with van der Waals surface area (Å²) in [6.45, 7) is 9.24. The van der Waals surface area contributed by atoms with E-state index in [1.54, 1.807) is 0 Å². The standard InChI is InChI=1S/C16H25BrN2/c1-13(2)16(7-8-18-11-16)12-19(3)10-14-5-4-6-15(17)9-14/h4-6,9,13,18H,7-8,10-12H2,1-3H3. The summed E-state index contributed by atoms with van der Waals surface area (Å²) in [6.07, 6.45) is 1.30. The fourth-order valence-electron chi connectivity index (χ4n) is 3.11. The van der Waals surface area contributed by atoms with Gasteiger partial charge >= 0.3 is 0 Å². The molecule has 1 unspecified atom stereocenters. The predicted molar refractivity (Wildman–Crippen MR) is 85.2 cm³/mol. The van der Waals surface area contributed by atoms with E-state index in [0.29, 0.717) is 5.41 Å². The molecule has 1 fully saturated rings. The maximum Gasteiger partial charge on any atom is 0.0231 e. The Morgan fingerprint density at radius 1 is 1.42 bits per heavy atom. The normalized spacial score (nSPS) is 23.5. The first-order chi connectivity index (χ1) is 9.02. The van der Waals surface area contributed by atoms with E-state index in [-0.39, 0.29) is 0 Å². The molecule has 2 nitrogen and oxygen atoms in total. The van der Waals surface area contributed by atoms with Gasteiger partial charge in [0, 0.05) is 24.1 Å². The van der Waals surface area contributed by atoms with Crippen molar-refractivity contribution in [2.45, 2.75) is 26.8 Å². The molecule has 1 N–H and O–H groups in total. The zero-order valence-electron chi connectivity index (χ0n) is 12.2. The van der Waals surface area contributed by atoms with Gasteiger partial charge in [-0.25, -0.2) is 0 Å². The van der Waals surface area contributed by atoms with Crippen LogP contribution in [0.15, 0.2) is 28.7 Å². The molecule has 106 valence electrons. The van der Waals surface area contributed by atoms with Crippen LogP contribution in [0.25, 0.3) is 0 Å². The molecule has 0 bridgehead atoms. The highest BCUT2D eigenvalue weighted by Crippen LogP contribution is 2.35. The average molecular weight is 325 g/mol. The molecule has 0 spiro atoms. The van der Waals surface area contributed by atoms with E-state index >= 15 is 0 Å². The molecule has 0 radical (unpaired) electrons. The molecule has 1 aliphatic heterocycles. The van der Waals surface area contributed by atoms with E-state index in [0.717, 1.165) is 19.0 Å². The van der Waals surface area contributed by atoms with Gasteiger partial charge in [-0.3, -0.25) is 0 Å². The highest BCUT2D eigenvalue weighted by molar-refractivity contribution is 9.10. The monoisotopic (exact) mass is 324 g/mol. The summed E-state index contributed by atoms with van der Waals surface area (Å²) >= 11 is 3.55. The lowest BCUT2D eigenvalue weighted by molar-refractivity contribution is 0.132. The molecule has 1 aromatic rings. The highest BCUT2D eigenvalue weighted by Gasteiger charge is 2.37. The Morgan fingerprint density at radius 2 is 2.21 bits per heavy atom. The van der Waals surface area contributed by atoms with Gasteiger partial charge in [0.2, 0.25) is 0 Å². The van der Waals surface area contributed by atoms with Crippen LogP contribution in [0.4, 0.5) is 0 Å². The average Bonchev–Trinajstić information content (AvgIpc) is 2.78.